The molecule has 6 heteroatoms. The van der Waals surface area contributed by atoms with Gasteiger partial charge in [0, 0.05) is 23.0 Å². The van der Waals surface area contributed by atoms with Crippen molar-refractivity contribution in [3.63, 3.8) is 0 Å². The Balaban J connectivity index is 1.96. The molecule has 0 spiro atoms. The normalized spacial score (nSPS) is 12.5. The van der Waals surface area contributed by atoms with E-state index in [1.54, 1.807) is 4.90 Å². The average molecular weight is 580 g/mol. The number of carbonyl (C=O) groups is 2. The molecule has 0 aromatic heterocycles. The van der Waals surface area contributed by atoms with E-state index in [0.29, 0.717) is 12.2 Å². The van der Waals surface area contributed by atoms with E-state index in [-0.39, 0.29) is 30.4 Å². The molecule has 5 nitrogen and oxygen atoms in total. The second-order valence-corrected chi connectivity index (χ2v) is 12.5. The smallest absolute Gasteiger partial charge is 0.261 e. The van der Waals surface area contributed by atoms with Crippen molar-refractivity contribution in [2.45, 2.75) is 71.5 Å². The summed E-state index contributed by atoms with van der Waals surface area (Å²) in [6, 6.07) is 24.7. The molecular formula is C32H39BrN2O3. The predicted molar refractivity (Wildman–Crippen MR) is 157 cm³/mol. The second-order valence-electron chi connectivity index (χ2n) is 11.6. The van der Waals surface area contributed by atoms with Gasteiger partial charge in [-0.05, 0) is 61.1 Å². The van der Waals surface area contributed by atoms with Crippen LogP contribution in [-0.2, 0) is 28.0 Å². The summed E-state index contributed by atoms with van der Waals surface area (Å²) in [4.78, 5) is 29.2. The minimum atomic E-state index is -0.718. The van der Waals surface area contributed by atoms with Crippen molar-refractivity contribution in [2.75, 3.05) is 6.61 Å². The molecule has 202 valence electrons. The van der Waals surface area contributed by atoms with Gasteiger partial charge in [-0.25, -0.2) is 0 Å². The average Bonchev–Trinajstić information content (AvgIpc) is 2.84. The fraction of sp³-hybridized carbons (Fsp3) is 0.375. The van der Waals surface area contributed by atoms with E-state index in [9.17, 15) is 9.59 Å². The lowest BCUT2D eigenvalue weighted by atomic mass is 9.86. The van der Waals surface area contributed by atoms with Gasteiger partial charge in [0.15, 0.2) is 6.61 Å². The topological polar surface area (TPSA) is 58.6 Å². The van der Waals surface area contributed by atoms with Crippen molar-refractivity contribution in [2.24, 2.45) is 0 Å². The third-order valence-corrected chi connectivity index (χ3v) is 6.55. The van der Waals surface area contributed by atoms with E-state index in [1.165, 1.54) is 0 Å². The zero-order chi connectivity index (χ0) is 27.9. The first-order valence-corrected chi connectivity index (χ1v) is 13.7. The summed E-state index contributed by atoms with van der Waals surface area (Å²) in [6.45, 7) is 12.3. The summed E-state index contributed by atoms with van der Waals surface area (Å²) in [5, 5.41) is 3.09. The number of para-hydroxylation sites is 1. The molecule has 0 saturated heterocycles. The van der Waals surface area contributed by atoms with Gasteiger partial charge in [-0.15, -0.1) is 0 Å². The van der Waals surface area contributed by atoms with Gasteiger partial charge in [0.05, 0.1) is 0 Å². The summed E-state index contributed by atoms with van der Waals surface area (Å²) in [7, 11) is 0. The highest BCUT2D eigenvalue weighted by Gasteiger charge is 2.32. The zero-order valence-corrected chi connectivity index (χ0v) is 24.8. The first kappa shape index (κ1) is 29.4. The highest BCUT2D eigenvalue weighted by Crippen LogP contribution is 2.31. The van der Waals surface area contributed by atoms with Crippen molar-refractivity contribution in [1.82, 2.24) is 10.2 Å². The molecule has 0 aliphatic rings. The third-order valence-electron chi connectivity index (χ3n) is 6.06. The lowest BCUT2D eigenvalue weighted by Crippen LogP contribution is -2.55. The number of hydrogen-bond acceptors (Lipinski definition) is 3. The molecule has 0 fully saturated rings. The zero-order valence-electron chi connectivity index (χ0n) is 23.3. The van der Waals surface area contributed by atoms with E-state index in [4.69, 9.17) is 4.74 Å². The van der Waals surface area contributed by atoms with Gasteiger partial charge in [-0.1, -0.05) is 97.4 Å². The molecule has 1 atom stereocenters. The van der Waals surface area contributed by atoms with Crippen LogP contribution in [0.25, 0.3) is 0 Å². The number of amides is 2. The minimum Gasteiger partial charge on any atom is -0.483 e. The van der Waals surface area contributed by atoms with Gasteiger partial charge in [0.2, 0.25) is 5.91 Å². The number of nitrogens with zero attached hydrogens (tertiary/aromatic N) is 1. The van der Waals surface area contributed by atoms with E-state index < -0.39 is 11.6 Å². The summed E-state index contributed by atoms with van der Waals surface area (Å²) in [6.07, 6.45) is 0.390. The van der Waals surface area contributed by atoms with Gasteiger partial charge in [-0.3, -0.25) is 9.59 Å². The molecule has 1 N–H and O–H groups in total. The number of rotatable bonds is 9. The molecule has 0 aliphatic carbocycles. The number of benzene rings is 3. The SMILES string of the molecule is CC(C)(C)NC(=O)[C@H](Cc1ccccc1)N(Cc1cccc(Br)c1)C(=O)COc1ccccc1C(C)(C)C. The molecule has 3 aromatic rings. The van der Waals surface area contributed by atoms with Gasteiger partial charge < -0.3 is 15.0 Å². The van der Waals surface area contributed by atoms with Crippen molar-refractivity contribution >= 4 is 27.7 Å². The Bertz CT molecular complexity index is 1230. The lowest BCUT2D eigenvalue weighted by molar-refractivity contribution is -0.143. The predicted octanol–water partition coefficient (Wildman–Crippen LogP) is 6.68. The maximum atomic E-state index is 13.9. The quantitative estimate of drug-likeness (QED) is 0.308. The van der Waals surface area contributed by atoms with Crippen LogP contribution in [0.15, 0.2) is 83.3 Å². The molecule has 0 aliphatic heterocycles. The summed E-state index contributed by atoms with van der Waals surface area (Å²) < 4.78 is 7.03. The van der Waals surface area contributed by atoms with Crippen LogP contribution in [0.5, 0.6) is 5.75 Å². The van der Waals surface area contributed by atoms with Crippen molar-refractivity contribution in [3.05, 3.63) is 100 Å². The summed E-state index contributed by atoms with van der Waals surface area (Å²) in [5.74, 6) is 0.230. The number of carbonyl (C=O) groups excluding carboxylic acids is 2. The van der Waals surface area contributed by atoms with Crippen LogP contribution in [0.2, 0.25) is 0 Å². The van der Waals surface area contributed by atoms with Crippen LogP contribution < -0.4 is 10.1 Å². The molecule has 0 bridgehead atoms. The van der Waals surface area contributed by atoms with Crippen LogP contribution in [0.4, 0.5) is 0 Å². The number of halogens is 1. The fourth-order valence-corrected chi connectivity index (χ4v) is 4.72. The Kier molecular flexibility index (Phi) is 9.77. The van der Waals surface area contributed by atoms with E-state index in [0.717, 1.165) is 21.2 Å². The van der Waals surface area contributed by atoms with E-state index in [1.807, 2.05) is 99.6 Å². The largest absolute Gasteiger partial charge is 0.483 e. The number of ether oxygens (including phenoxy) is 1. The van der Waals surface area contributed by atoms with Crippen molar-refractivity contribution in [3.8, 4) is 5.75 Å². The first-order valence-electron chi connectivity index (χ1n) is 13.0. The van der Waals surface area contributed by atoms with E-state index in [2.05, 4.69) is 42.0 Å². The fourth-order valence-electron chi connectivity index (χ4n) is 4.27. The van der Waals surface area contributed by atoms with Crippen molar-refractivity contribution < 1.29 is 14.3 Å². The maximum absolute atomic E-state index is 13.9. The van der Waals surface area contributed by atoms with Crippen LogP contribution in [0.1, 0.15) is 58.2 Å². The van der Waals surface area contributed by atoms with Gasteiger partial charge in [0.25, 0.3) is 5.91 Å². The van der Waals surface area contributed by atoms with Gasteiger partial charge in [0.1, 0.15) is 11.8 Å². The molecule has 38 heavy (non-hydrogen) atoms. The number of nitrogens with one attached hydrogen (secondary N) is 1. The molecule has 0 radical (unpaired) electrons. The van der Waals surface area contributed by atoms with Crippen LogP contribution in [-0.4, -0.2) is 34.9 Å². The molecule has 0 saturated carbocycles. The Labute approximate surface area is 235 Å². The summed E-state index contributed by atoms with van der Waals surface area (Å²) >= 11 is 3.53. The molecule has 3 rings (SSSR count). The van der Waals surface area contributed by atoms with Crippen molar-refractivity contribution in [1.29, 1.82) is 0 Å². The minimum absolute atomic E-state index is 0.141. The van der Waals surface area contributed by atoms with E-state index >= 15 is 0 Å². The van der Waals surface area contributed by atoms with Crippen LogP contribution >= 0.6 is 15.9 Å². The highest BCUT2D eigenvalue weighted by molar-refractivity contribution is 9.10. The Morgan fingerprint density at radius 1 is 0.868 bits per heavy atom. The third kappa shape index (κ3) is 8.73. The molecule has 3 aromatic carbocycles. The number of hydrogen-bond donors (Lipinski definition) is 1. The Morgan fingerprint density at radius 3 is 2.13 bits per heavy atom. The molecule has 2 amide bonds. The highest BCUT2D eigenvalue weighted by atomic mass is 79.9. The molecule has 0 unspecified atom stereocenters. The van der Waals surface area contributed by atoms with Gasteiger partial charge >= 0.3 is 0 Å². The summed E-state index contributed by atoms with van der Waals surface area (Å²) in [5.41, 5.74) is 2.34. The lowest BCUT2D eigenvalue weighted by Gasteiger charge is -2.34. The standard InChI is InChI=1S/C32H39BrN2O3/c1-31(2,3)26-17-10-11-18-28(26)38-22-29(36)35(21-24-15-12-16-25(33)19-24)27(30(37)34-32(4,5)6)20-23-13-8-7-9-14-23/h7-19,27H,20-22H2,1-6H3,(H,34,37)/t27-/m0/s1. The monoisotopic (exact) mass is 578 g/mol. The van der Waals surface area contributed by atoms with Crippen LogP contribution in [0, 0.1) is 0 Å². The van der Waals surface area contributed by atoms with Crippen LogP contribution in [0.3, 0.4) is 0 Å². The molecular weight excluding hydrogens is 540 g/mol. The van der Waals surface area contributed by atoms with Gasteiger partial charge in [-0.2, -0.15) is 0 Å². The Morgan fingerprint density at radius 2 is 1.50 bits per heavy atom. The maximum Gasteiger partial charge on any atom is 0.261 e. The Hall–Kier alpha value is -3.12. The molecule has 0 heterocycles. The second kappa shape index (κ2) is 12.6. The first-order chi connectivity index (χ1) is 17.8.